The third-order valence-electron chi connectivity index (χ3n) is 3.78. The number of fused-ring (bicyclic) bond motifs is 1. The van der Waals surface area contributed by atoms with Gasteiger partial charge in [-0.3, -0.25) is 4.79 Å². The average Bonchev–Trinajstić information content (AvgIpc) is 3.06. The summed E-state index contributed by atoms with van der Waals surface area (Å²) in [7, 11) is 0. The van der Waals surface area contributed by atoms with E-state index in [-0.39, 0.29) is 5.37 Å². The van der Waals surface area contributed by atoms with Crippen LogP contribution in [0.2, 0.25) is 0 Å². The second-order valence-electron chi connectivity index (χ2n) is 5.34. The molecule has 0 radical (unpaired) electrons. The van der Waals surface area contributed by atoms with E-state index in [1.165, 1.54) is 16.3 Å². The average molecular weight is 297 g/mol. The van der Waals surface area contributed by atoms with Crippen molar-refractivity contribution in [3.05, 3.63) is 59.6 Å². The van der Waals surface area contributed by atoms with Gasteiger partial charge in [-0.05, 0) is 41.0 Å². The van der Waals surface area contributed by atoms with Gasteiger partial charge in [0, 0.05) is 12.6 Å². The lowest BCUT2D eigenvalue weighted by Crippen LogP contribution is -2.26. The first-order valence-corrected chi connectivity index (χ1v) is 8.34. The van der Waals surface area contributed by atoms with Gasteiger partial charge in [-0.15, -0.1) is 0 Å². The van der Waals surface area contributed by atoms with Crippen LogP contribution in [0, 0.1) is 0 Å². The molecule has 1 N–H and O–H groups in total. The summed E-state index contributed by atoms with van der Waals surface area (Å²) in [4.78, 5) is 11.9. The van der Waals surface area contributed by atoms with Crippen LogP contribution >= 0.6 is 11.8 Å². The molecule has 0 saturated heterocycles. The molecule has 0 saturated carbocycles. The lowest BCUT2D eigenvalue weighted by atomic mass is 10.0. The van der Waals surface area contributed by atoms with E-state index in [2.05, 4.69) is 47.8 Å². The molecule has 0 amide bonds. The highest BCUT2D eigenvalue weighted by Crippen LogP contribution is 2.20. The molecule has 1 heterocycles. The van der Waals surface area contributed by atoms with E-state index in [9.17, 15) is 4.79 Å². The zero-order valence-electron chi connectivity index (χ0n) is 11.9. The van der Waals surface area contributed by atoms with Crippen molar-refractivity contribution < 1.29 is 4.79 Å². The van der Waals surface area contributed by atoms with Crippen molar-refractivity contribution >= 4 is 28.3 Å². The molecule has 21 heavy (non-hydrogen) atoms. The molecular formula is C18H19NOS. The van der Waals surface area contributed by atoms with Crippen molar-refractivity contribution in [2.45, 2.75) is 31.1 Å². The number of thioether (sulfide) groups is 1. The maximum absolute atomic E-state index is 11.9. The number of carbonyl (C=O) groups excluding carboxylic acids is 1. The van der Waals surface area contributed by atoms with Crippen molar-refractivity contribution in [2.75, 3.05) is 0 Å². The molecule has 3 heteroatoms. The molecule has 108 valence electrons. The fraction of sp³-hybridized carbons (Fsp3) is 0.278. The van der Waals surface area contributed by atoms with E-state index in [4.69, 9.17) is 0 Å². The molecule has 2 aromatic carbocycles. The number of ketones is 1. The predicted octanol–water partition coefficient (Wildman–Crippen LogP) is 4.26. The quantitative estimate of drug-likeness (QED) is 0.808. The molecule has 1 aliphatic heterocycles. The second kappa shape index (κ2) is 6.81. The van der Waals surface area contributed by atoms with Crippen LogP contribution in [0.4, 0.5) is 0 Å². The summed E-state index contributed by atoms with van der Waals surface area (Å²) in [6.07, 6.45) is 5.59. The van der Waals surface area contributed by atoms with Crippen molar-refractivity contribution in [3.8, 4) is 0 Å². The van der Waals surface area contributed by atoms with Crippen LogP contribution in [-0.4, -0.2) is 11.2 Å². The number of aryl methyl sites for hydroxylation is 1. The molecule has 1 aliphatic rings. The molecule has 0 fully saturated rings. The van der Waals surface area contributed by atoms with Crippen LogP contribution in [0.1, 0.15) is 24.8 Å². The zero-order chi connectivity index (χ0) is 14.5. The summed E-state index contributed by atoms with van der Waals surface area (Å²) in [5.74, 6) is 0.309. The molecule has 2 aromatic rings. The minimum absolute atomic E-state index is 0.0503. The Morgan fingerprint density at radius 3 is 2.76 bits per heavy atom. The summed E-state index contributed by atoms with van der Waals surface area (Å²) >= 11 is 1.57. The minimum atomic E-state index is -0.0503. The van der Waals surface area contributed by atoms with Gasteiger partial charge in [0.25, 0.3) is 0 Å². The van der Waals surface area contributed by atoms with Crippen molar-refractivity contribution in [2.24, 2.45) is 0 Å². The van der Waals surface area contributed by atoms with E-state index in [0.717, 1.165) is 19.3 Å². The third kappa shape index (κ3) is 3.67. The fourth-order valence-corrected chi connectivity index (χ4v) is 3.35. The highest BCUT2D eigenvalue weighted by atomic mass is 32.2. The van der Waals surface area contributed by atoms with E-state index in [1.807, 2.05) is 11.6 Å². The maximum atomic E-state index is 11.9. The Bertz CT molecular complexity index is 657. The van der Waals surface area contributed by atoms with Crippen LogP contribution in [0.25, 0.3) is 10.8 Å². The van der Waals surface area contributed by atoms with E-state index >= 15 is 0 Å². The first-order chi connectivity index (χ1) is 10.3. The molecule has 0 spiro atoms. The van der Waals surface area contributed by atoms with Crippen LogP contribution < -0.4 is 5.32 Å². The highest BCUT2D eigenvalue weighted by Gasteiger charge is 2.18. The van der Waals surface area contributed by atoms with Crippen LogP contribution in [0.15, 0.2) is 54.1 Å². The normalized spacial score (nSPS) is 17.0. The van der Waals surface area contributed by atoms with Gasteiger partial charge in [0.1, 0.15) is 5.37 Å². The Balaban J connectivity index is 1.47. The van der Waals surface area contributed by atoms with Crippen LogP contribution in [0.5, 0.6) is 0 Å². The van der Waals surface area contributed by atoms with E-state index in [0.29, 0.717) is 12.2 Å². The minimum Gasteiger partial charge on any atom is -0.372 e. The van der Waals surface area contributed by atoms with Gasteiger partial charge in [-0.2, -0.15) is 0 Å². The lowest BCUT2D eigenvalue weighted by molar-refractivity contribution is -0.118. The van der Waals surface area contributed by atoms with Crippen molar-refractivity contribution in [1.82, 2.24) is 5.32 Å². The molecule has 1 atom stereocenters. The Morgan fingerprint density at radius 1 is 1.10 bits per heavy atom. The number of Topliss-reactive ketones (excluding diaryl/α,β-unsaturated/α-hetero) is 1. The van der Waals surface area contributed by atoms with Crippen molar-refractivity contribution in [3.63, 3.8) is 0 Å². The van der Waals surface area contributed by atoms with Gasteiger partial charge in [0.15, 0.2) is 5.78 Å². The van der Waals surface area contributed by atoms with Gasteiger partial charge in [0.2, 0.25) is 0 Å². The van der Waals surface area contributed by atoms with E-state index < -0.39 is 0 Å². The first kappa shape index (κ1) is 14.2. The second-order valence-corrected chi connectivity index (χ2v) is 6.36. The number of unbranched alkanes of at least 4 members (excludes halogenated alkanes) is 1. The number of hydrogen-bond donors (Lipinski definition) is 1. The zero-order valence-corrected chi connectivity index (χ0v) is 12.7. The number of rotatable bonds is 6. The lowest BCUT2D eigenvalue weighted by Gasteiger charge is -2.08. The Labute approximate surface area is 129 Å². The van der Waals surface area contributed by atoms with Gasteiger partial charge in [0.05, 0.1) is 0 Å². The Hall–Kier alpha value is -1.74. The highest BCUT2D eigenvalue weighted by molar-refractivity contribution is 8.03. The number of nitrogens with one attached hydrogen (secondary N) is 1. The summed E-state index contributed by atoms with van der Waals surface area (Å²) in [6, 6.07) is 15.1. The largest absolute Gasteiger partial charge is 0.372 e. The molecule has 0 aliphatic carbocycles. The summed E-state index contributed by atoms with van der Waals surface area (Å²) in [5, 5.41) is 7.54. The van der Waals surface area contributed by atoms with Gasteiger partial charge in [-0.25, -0.2) is 0 Å². The Morgan fingerprint density at radius 2 is 1.95 bits per heavy atom. The monoisotopic (exact) mass is 297 g/mol. The molecule has 0 bridgehead atoms. The van der Waals surface area contributed by atoms with Gasteiger partial charge >= 0.3 is 0 Å². The molecule has 0 aromatic heterocycles. The summed E-state index contributed by atoms with van der Waals surface area (Å²) < 4.78 is 0. The number of benzene rings is 2. The first-order valence-electron chi connectivity index (χ1n) is 7.40. The molecule has 3 rings (SSSR count). The van der Waals surface area contributed by atoms with Crippen LogP contribution in [0.3, 0.4) is 0 Å². The topological polar surface area (TPSA) is 29.1 Å². The molecule has 1 unspecified atom stereocenters. The Kier molecular flexibility index (Phi) is 4.61. The predicted molar refractivity (Wildman–Crippen MR) is 90.2 cm³/mol. The van der Waals surface area contributed by atoms with Crippen molar-refractivity contribution in [1.29, 1.82) is 0 Å². The smallest absolute Gasteiger partial charge is 0.165 e. The maximum Gasteiger partial charge on any atom is 0.165 e. The standard InChI is InChI=1S/C18H19NOS/c20-17(18-19-11-12-21-18)8-4-1-5-14-9-10-15-6-2-3-7-16(15)13-14/h2-3,6-7,9-13,18-19H,1,4-5,8H2. The number of hydrogen-bond acceptors (Lipinski definition) is 3. The van der Waals surface area contributed by atoms with E-state index in [1.54, 1.807) is 11.8 Å². The SMILES string of the molecule is O=C(CCCCc1ccc2ccccc2c1)C1NC=CS1. The van der Waals surface area contributed by atoms with Crippen LogP contribution in [-0.2, 0) is 11.2 Å². The summed E-state index contributed by atoms with van der Waals surface area (Å²) in [5.41, 5.74) is 1.36. The van der Waals surface area contributed by atoms with Gasteiger partial charge < -0.3 is 5.32 Å². The fourth-order valence-electron chi connectivity index (χ4n) is 2.61. The molecule has 2 nitrogen and oxygen atoms in total. The molecular weight excluding hydrogens is 278 g/mol. The third-order valence-corrected chi connectivity index (χ3v) is 4.74. The summed E-state index contributed by atoms with van der Waals surface area (Å²) in [6.45, 7) is 0. The van der Waals surface area contributed by atoms with Gasteiger partial charge in [-0.1, -0.05) is 54.2 Å². The number of carbonyl (C=O) groups is 1.